The van der Waals surface area contributed by atoms with E-state index in [9.17, 15) is 26.3 Å². The normalized spacial score (nSPS) is 44.7. The maximum absolute atomic E-state index is 13.4. The zero-order valence-electron chi connectivity index (χ0n) is 6.78. The van der Waals surface area contributed by atoms with Crippen LogP contribution in [0, 0.1) is 11.8 Å². The average molecular weight is 216 g/mol. The second-order valence-corrected chi connectivity index (χ2v) is 3.67. The first kappa shape index (κ1) is 9.86. The van der Waals surface area contributed by atoms with Gasteiger partial charge in [-0.15, -0.1) is 0 Å². The minimum atomic E-state index is -5.51. The van der Waals surface area contributed by atoms with Crippen molar-refractivity contribution in [1.82, 2.24) is 0 Å². The summed E-state index contributed by atoms with van der Waals surface area (Å²) in [7, 11) is 0. The Kier molecular flexibility index (Phi) is 1.60. The number of fused-ring (bicyclic) bond motifs is 2. The van der Waals surface area contributed by atoms with Gasteiger partial charge in [0.15, 0.2) is 0 Å². The fourth-order valence-electron chi connectivity index (χ4n) is 2.18. The molecule has 0 saturated heterocycles. The second-order valence-electron chi connectivity index (χ2n) is 3.67. The summed E-state index contributed by atoms with van der Waals surface area (Å²) >= 11 is 0. The fourth-order valence-corrected chi connectivity index (χ4v) is 2.18. The third kappa shape index (κ3) is 0.821. The highest BCUT2D eigenvalue weighted by Crippen LogP contribution is 2.63. The zero-order valence-corrected chi connectivity index (χ0v) is 6.78. The molecule has 2 aliphatic rings. The monoisotopic (exact) mass is 216 g/mol. The highest BCUT2D eigenvalue weighted by molar-refractivity contribution is 5.27. The second kappa shape index (κ2) is 2.28. The number of rotatable bonds is 0. The van der Waals surface area contributed by atoms with E-state index in [1.807, 2.05) is 0 Å². The fraction of sp³-hybridized carbons (Fsp3) is 0.750. The predicted octanol–water partition coefficient (Wildman–Crippen LogP) is 3.10. The minimum absolute atomic E-state index is 0.455. The van der Waals surface area contributed by atoms with E-state index in [1.165, 1.54) is 0 Å². The summed E-state index contributed by atoms with van der Waals surface area (Å²) in [5, 5.41) is 0. The Morgan fingerprint density at radius 3 is 1.79 bits per heavy atom. The third-order valence-electron chi connectivity index (χ3n) is 2.96. The molecule has 14 heavy (non-hydrogen) atoms. The van der Waals surface area contributed by atoms with Crippen molar-refractivity contribution >= 4 is 0 Å². The first-order valence-corrected chi connectivity index (χ1v) is 4.03. The van der Waals surface area contributed by atoms with Crippen LogP contribution in [0.1, 0.15) is 6.42 Å². The van der Waals surface area contributed by atoms with Crippen LogP contribution in [-0.2, 0) is 0 Å². The molecule has 0 aliphatic heterocycles. The molecule has 0 unspecified atom stereocenters. The van der Waals surface area contributed by atoms with Gasteiger partial charge in [-0.2, -0.15) is 13.2 Å². The van der Waals surface area contributed by atoms with Crippen LogP contribution in [0.25, 0.3) is 0 Å². The van der Waals surface area contributed by atoms with Crippen LogP contribution in [0.3, 0.4) is 0 Å². The van der Waals surface area contributed by atoms with Crippen molar-refractivity contribution in [3.8, 4) is 0 Å². The van der Waals surface area contributed by atoms with E-state index in [1.54, 1.807) is 0 Å². The van der Waals surface area contributed by atoms with Gasteiger partial charge < -0.3 is 0 Å². The van der Waals surface area contributed by atoms with Crippen LogP contribution >= 0.6 is 0 Å². The lowest BCUT2D eigenvalue weighted by molar-refractivity contribution is -0.305. The smallest absolute Gasteiger partial charge is 0.226 e. The first-order chi connectivity index (χ1) is 6.21. The Hall–Kier alpha value is -0.680. The van der Waals surface area contributed by atoms with Gasteiger partial charge in [0, 0.05) is 11.8 Å². The molecule has 2 aliphatic carbocycles. The molecule has 0 amide bonds. The van der Waals surface area contributed by atoms with E-state index in [0.29, 0.717) is 0 Å². The molecule has 3 atom stereocenters. The van der Waals surface area contributed by atoms with Crippen molar-refractivity contribution in [3.05, 3.63) is 12.2 Å². The van der Waals surface area contributed by atoms with Crippen LogP contribution < -0.4 is 0 Å². The van der Waals surface area contributed by atoms with Crippen molar-refractivity contribution < 1.29 is 26.3 Å². The molecule has 80 valence electrons. The van der Waals surface area contributed by atoms with Gasteiger partial charge in [0.2, 0.25) is 0 Å². The molecule has 0 aromatic heterocycles. The predicted molar refractivity (Wildman–Crippen MR) is 35.6 cm³/mol. The van der Waals surface area contributed by atoms with Gasteiger partial charge in [-0.05, 0) is 6.42 Å². The maximum Gasteiger partial charge on any atom is 0.429 e. The molecule has 0 aromatic rings. The Morgan fingerprint density at radius 2 is 1.50 bits per heavy atom. The lowest BCUT2D eigenvalue weighted by Crippen LogP contribution is -2.57. The lowest BCUT2D eigenvalue weighted by atomic mass is 9.86. The molecule has 2 bridgehead atoms. The molecule has 0 aromatic carbocycles. The zero-order chi connectivity index (χ0) is 10.8. The highest BCUT2D eigenvalue weighted by atomic mass is 19.4. The molecule has 0 heterocycles. The van der Waals surface area contributed by atoms with E-state index < -0.39 is 36.0 Å². The molecule has 1 fully saturated rings. The summed E-state index contributed by atoms with van der Waals surface area (Å²) in [6.07, 6.45) is -4.10. The Morgan fingerprint density at radius 1 is 1.00 bits per heavy atom. The summed E-state index contributed by atoms with van der Waals surface area (Å²) in [6, 6.07) is 0. The van der Waals surface area contributed by atoms with E-state index in [4.69, 9.17) is 0 Å². The molecule has 0 radical (unpaired) electrons. The molecule has 2 rings (SSSR count). The van der Waals surface area contributed by atoms with Crippen molar-refractivity contribution in [2.45, 2.75) is 24.2 Å². The van der Waals surface area contributed by atoms with Gasteiger partial charge in [-0.1, -0.05) is 12.2 Å². The average Bonchev–Trinajstić information content (AvgIpc) is 2.52. The van der Waals surface area contributed by atoms with Gasteiger partial charge in [-0.3, -0.25) is 0 Å². The van der Waals surface area contributed by atoms with E-state index in [0.717, 1.165) is 12.2 Å². The van der Waals surface area contributed by atoms with Gasteiger partial charge in [0.1, 0.15) is 0 Å². The SMILES string of the molecule is FC(F)(F)[C@]1(F)[C@@H]2C=C[C@H](C2)C1(F)F. The van der Waals surface area contributed by atoms with Crippen molar-refractivity contribution in [1.29, 1.82) is 0 Å². The van der Waals surface area contributed by atoms with Crippen LogP contribution in [0.15, 0.2) is 12.2 Å². The third-order valence-corrected chi connectivity index (χ3v) is 2.96. The van der Waals surface area contributed by atoms with Crippen molar-refractivity contribution in [3.63, 3.8) is 0 Å². The van der Waals surface area contributed by atoms with Crippen LogP contribution in [0.4, 0.5) is 26.3 Å². The van der Waals surface area contributed by atoms with Gasteiger partial charge >= 0.3 is 6.18 Å². The summed E-state index contributed by atoms with van der Waals surface area (Å²) in [5.74, 6) is -7.67. The molecular weight excluding hydrogens is 210 g/mol. The van der Waals surface area contributed by atoms with E-state index >= 15 is 0 Å². The van der Waals surface area contributed by atoms with Gasteiger partial charge in [0.25, 0.3) is 11.6 Å². The highest BCUT2D eigenvalue weighted by Gasteiger charge is 2.80. The molecule has 0 spiro atoms. The molecule has 0 N–H and O–H groups in total. The van der Waals surface area contributed by atoms with Gasteiger partial charge in [-0.25, -0.2) is 13.2 Å². The standard InChI is InChI=1S/C8H6F6/c9-6(8(12,13)14)4-1-2-5(3-4)7(6,10)11/h1-2,4-5H,3H2/t4-,5-,6+/m1/s1. The largest absolute Gasteiger partial charge is 0.429 e. The van der Waals surface area contributed by atoms with E-state index in [-0.39, 0.29) is 0 Å². The Labute approximate surface area is 75.6 Å². The topological polar surface area (TPSA) is 0 Å². The lowest BCUT2D eigenvalue weighted by Gasteiger charge is -2.35. The van der Waals surface area contributed by atoms with Crippen LogP contribution in [-0.4, -0.2) is 17.8 Å². The number of allylic oxidation sites excluding steroid dienone is 2. The maximum atomic E-state index is 13.4. The minimum Gasteiger partial charge on any atom is -0.226 e. The molecule has 1 saturated carbocycles. The number of halogens is 6. The van der Waals surface area contributed by atoms with E-state index in [2.05, 4.69) is 0 Å². The van der Waals surface area contributed by atoms with Crippen molar-refractivity contribution in [2.24, 2.45) is 11.8 Å². The van der Waals surface area contributed by atoms with Crippen molar-refractivity contribution in [2.75, 3.05) is 0 Å². The number of hydrogen-bond donors (Lipinski definition) is 0. The summed E-state index contributed by atoms with van der Waals surface area (Å²) in [6.45, 7) is 0. The molecule has 0 nitrogen and oxygen atoms in total. The Bertz CT molecular complexity index is 291. The quantitative estimate of drug-likeness (QED) is 0.431. The summed E-state index contributed by atoms with van der Waals surface area (Å²) in [5.41, 5.74) is -4.38. The number of alkyl halides is 6. The van der Waals surface area contributed by atoms with Crippen LogP contribution in [0.2, 0.25) is 0 Å². The summed E-state index contributed by atoms with van der Waals surface area (Å²) in [4.78, 5) is 0. The molecular formula is C8H6F6. The Balaban J connectivity index is 2.50. The molecule has 6 heteroatoms. The number of hydrogen-bond acceptors (Lipinski definition) is 0. The van der Waals surface area contributed by atoms with Gasteiger partial charge in [0.05, 0.1) is 0 Å². The first-order valence-electron chi connectivity index (χ1n) is 4.03. The summed E-state index contributed by atoms with van der Waals surface area (Å²) < 4.78 is 76.1. The van der Waals surface area contributed by atoms with Crippen LogP contribution in [0.5, 0.6) is 0 Å².